The average Bonchev–Trinajstić information content (AvgIpc) is 2.89. The number of carboxylic acid groups (broad SMARTS) is 1. The van der Waals surface area contributed by atoms with Crippen LogP contribution in [0.15, 0.2) is 0 Å². The van der Waals surface area contributed by atoms with Crippen molar-refractivity contribution in [2.45, 2.75) is 32.2 Å². The molecule has 0 aliphatic carbocycles. The number of thioether (sulfide) groups is 1. The van der Waals surface area contributed by atoms with Gasteiger partial charge in [0, 0.05) is 12.2 Å². The van der Waals surface area contributed by atoms with Crippen LogP contribution in [0.4, 0.5) is 0 Å². The number of hydrogen-bond donors (Lipinski definition) is 2. The molecule has 2 aliphatic rings. The number of nitrogens with one attached hydrogen (secondary N) is 1. The molecule has 0 spiro atoms. The first-order valence-corrected chi connectivity index (χ1v) is 8.05. The second-order valence-corrected chi connectivity index (χ2v) is 6.51. The van der Waals surface area contributed by atoms with Crippen LogP contribution in [-0.4, -0.2) is 52.6 Å². The van der Waals surface area contributed by atoms with E-state index in [0.717, 1.165) is 13.1 Å². The van der Waals surface area contributed by atoms with Crippen molar-refractivity contribution in [1.29, 1.82) is 0 Å². The fourth-order valence-corrected chi connectivity index (χ4v) is 3.99. The number of hydrogen-bond acceptors (Lipinski definition) is 4. The van der Waals surface area contributed by atoms with Gasteiger partial charge in [-0.1, -0.05) is 6.92 Å². The molecule has 3 atom stereocenters. The maximum atomic E-state index is 12.2. The van der Waals surface area contributed by atoms with Crippen LogP contribution in [-0.2, 0) is 9.59 Å². The van der Waals surface area contributed by atoms with Gasteiger partial charge < -0.3 is 15.3 Å². The van der Waals surface area contributed by atoms with E-state index in [4.69, 9.17) is 5.11 Å². The van der Waals surface area contributed by atoms with Gasteiger partial charge in [-0.15, -0.1) is 11.8 Å². The van der Waals surface area contributed by atoms with Crippen LogP contribution in [0.25, 0.3) is 0 Å². The number of carbonyl (C=O) groups excluding carboxylic acids is 1. The van der Waals surface area contributed by atoms with Gasteiger partial charge in [0.2, 0.25) is 5.91 Å². The fourth-order valence-electron chi connectivity index (χ4n) is 2.82. The Labute approximate surface area is 118 Å². The highest BCUT2D eigenvalue weighted by Gasteiger charge is 2.35. The van der Waals surface area contributed by atoms with Crippen molar-refractivity contribution in [2.75, 3.05) is 24.7 Å². The third-order valence-electron chi connectivity index (χ3n) is 4.12. The van der Waals surface area contributed by atoms with Crippen molar-refractivity contribution >= 4 is 23.6 Å². The van der Waals surface area contributed by atoms with Crippen molar-refractivity contribution in [3.05, 3.63) is 0 Å². The number of piperidine rings is 1. The number of carbonyl (C=O) groups is 2. The molecular weight excluding hydrogens is 264 g/mol. The molecule has 108 valence electrons. The van der Waals surface area contributed by atoms with Crippen molar-refractivity contribution in [1.82, 2.24) is 10.2 Å². The largest absolute Gasteiger partial charge is 0.480 e. The molecule has 2 unspecified atom stereocenters. The molecule has 2 aliphatic heterocycles. The van der Waals surface area contributed by atoms with Crippen LogP contribution in [0, 0.1) is 11.8 Å². The highest BCUT2D eigenvalue weighted by Crippen LogP contribution is 2.27. The van der Waals surface area contributed by atoms with Gasteiger partial charge in [0.1, 0.15) is 6.04 Å². The Bertz CT molecular complexity index is 345. The van der Waals surface area contributed by atoms with Crippen molar-refractivity contribution < 1.29 is 14.7 Å². The molecule has 2 heterocycles. The molecule has 0 radical (unpaired) electrons. The Hall–Kier alpha value is -0.750. The van der Waals surface area contributed by atoms with Crippen LogP contribution in [0.2, 0.25) is 0 Å². The van der Waals surface area contributed by atoms with Gasteiger partial charge >= 0.3 is 5.97 Å². The number of rotatable bonds is 4. The first-order valence-electron chi connectivity index (χ1n) is 6.90. The van der Waals surface area contributed by atoms with E-state index in [0.29, 0.717) is 29.9 Å². The van der Waals surface area contributed by atoms with Crippen LogP contribution >= 0.6 is 11.8 Å². The van der Waals surface area contributed by atoms with Crippen LogP contribution in [0.5, 0.6) is 0 Å². The predicted octanol–water partition coefficient (Wildman–Crippen LogP) is 0.998. The molecule has 0 bridgehead atoms. The molecule has 1 amide bonds. The zero-order valence-electron chi connectivity index (χ0n) is 11.3. The van der Waals surface area contributed by atoms with Gasteiger partial charge in [0.25, 0.3) is 0 Å². The predicted molar refractivity (Wildman–Crippen MR) is 75.0 cm³/mol. The minimum Gasteiger partial charge on any atom is -0.480 e. The summed E-state index contributed by atoms with van der Waals surface area (Å²) in [5.74, 6) is 1.00. The maximum Gasteiger partial charge on any atom is 0.327 e. The van der Waals surface area contributed by atoms with Gasteiger partial charge in [-0.2, -0.15) is 0 Å². The lowest BCUT2D eigenvalue weighted by atomic mass is 9.85. The Morgan fingerprint density at radius 1 is 1.53 bits per heavy atom. The zero-order chi connectivity index (χ0) is 13.8. The Balaban J connectivity index is 1.87. The zero-order valence-corrected chi connectivity index (χ0v) is 12.1. The van der Waals surface area contributed by atoms with E-state index in [1.807, 2.05) is 0 Å². The van der Waals surface area contributed by atoms with Crippen molar-refractivity contribution in [3.63, 3.8) is 0 Å². The molecule has 2 rings (SSSR count). The van der Waals surface area contributed by atoms with E-state index >= 15 is 0 Å². The van der Waals surface area contributed by atoms with Gasteiger partial charge in [0.05, 0.1) is 5.88 Å². The molecule has 2 saturated heterocycles. The summed E-state index contributed by atoms with van der Waals surface area (Å²) in [7, 11) is 0. The fraction of sp³-hybridized carbons (Fsp3) is 0.846. The monoisotopic (exact) mass is 286 g/mol. The molecule has 19 heavy (non-hydrogen) atoms. The third-order valence-corrected chi connectivity index (χ3v) is 5.14. The second-order valence-electron chi connectivity index (χ2n) is 5.51. The molecule has 2 fully saturated rings. The summed E-state index contributed by atoms with van der Waals surface area (Å²) in [4.78, 5) is 24.9. The lowest BCUT2D eigenvalue weighted by Gasteiger charge is -2.29. The minimum atomic E-state index is -0.884. The van der Waals surface area contributed by atoms with Crippen molar-refractivity contribution in [2.24, 2.45) is 11.8 Å². The highest BCUT2D eigenvalue weighted by atomic mass is 32.2. The summed E-state index contributed by atoms with van der Waals surface area (Å²) in [6.07, 6.45) is 2.80. The normalized spacial score (nSPS) is 29.2. The van der Waals surface area contributed by atoms with Crippen molar-refractivity contribution in [3.8, 4) is 0 Å². The molecule has 6 heteroatoms. The minimum absolute atomic E-state index is 0.00419. The number of aliphatic carboxylic acids is 1. The van der Waals surface area contributed by atoms with E-state index in [1.165, 1.54) is 29.5 Å². The molecule has 5 nitrogen and oxygen atoms in total. The summed E-state index contributed by atoms with van der Waals surface area (Å²) in [5, 5.41) is 12.5. The van der Waals surface area contributed by atoms with Crippen LogP contribution in [0.3, 0.4) is 0 Å². The smallest absolute Gasteiger partial charge is 0.327 e. The standard InChI is InChI=1S/C13H22N2O3S/c1-9(10-3-2-4-14-6-10)5-12(16)15-8-19-7-11(15)13(17)18/h9-11,14H,2-8H2,1H3,(H,17,18)/t9?,10?,11-/m0/s1. The summed E-state index contributed by atoms with van der Waals surface area (Å²) in [6.45, 7) is 4.15. The quantitative estimate of drug-likeness (QED) is 0.807. The second kappa shape index (κ2) is 6.61. The van der Waals surface area contributed by atoms with E-state index in [2.05, 4.69) is 12.2 Å². The summed E-state index contributed by atoms with van der Waals surface area (Å²) in [6, 6.07) is -0.630. The van der Waals surface area contributed by atoms with E-state index in [1.54, 1.807) is 0 Å². The van der Waals surface area contributed by atoms with Gasteiger partial charge in [-0.25, -0.2) is 4.79 Å². The number of carboxylic acids is 1. The van der Waals surface area contributed by atoms with E-state index < -0.39 is 12.0 Å². The lowest BCUT2D eigenvalue weighted by Crippen LogP contribution is -2.43. The van der Waals surface area contributed by atoms with Crippen LogP contribution in [0.1, 0.15) is 26.2 Å². The topological polar surface area (TPSA) is 69.6 Å². The summed E-state index contributed by atoms with van der Waals surface area (Å²) < 4.78 is 0. The van der Waals surface area contributed by atoms with Crippen LogP contribution < -0.4 is 5.32 Å². The Morgan fingerprint density at radius 3 is 2.95 bits per heavy atom. The molecule has 2 N–H and O–H groups in total. The van der Waals surface area contributed by atoms with Gasteiger partial charge in [-0.3, -0.25) is 4.79 Å². The third kappa shape index (κ3) is 3.63. The molecular formula is C13H22N2O3S. The highest BCUT2D eigenvalue weighted by molar-refractivity contribution is 7.99. The Morgan fingerprint density at radius 2 is 2.32 bits per heavy atom. The van der Waals surface area contributed by atoms with E-state index in [-0.39, 0.29) is 5.91 Å². The average molecular weight is 286 g/mol. The summed E-state index contributed by atoms with van der Waals surface area (Å²) in [5.41, 5.74) is 0. The first kappa shape index (κ1) is 14.7. The Kier molecular flexibility index (Phi) is 5.10. The maximum absolute atomic E-state index is 12.2. The lowest BCUT2D eigenvalue weighted by molar-refractivity contribution is -0.148. The van der Waals surface area contributed by atoms with E-state index in [9.17, 15) is 9.59 Å². The molecule has 0 aromatic carbocycles. The SMILES string of the molecule is CC(CC(=O)N1CSC[C@H]1C(=O)O)C1CCCNC1. The number of amides is 1. The van der Waals surface area contributed by atoms with Gasteiger partial charge in [-0.05, 0) is 37.8 Å². The van der Waals surface area contributed by atoms with Gasteiger partial charge in [0.15, 0.2) is 0 Å². The first-order chi connectivity index (χ1) is 9.09. The number of nitrogens with zero attached hydrogens (tertiary/aromatic N) is 1. The molecule has 0 aromatic rings. The molecule has 0 saturated carbocycles. The summed E-state index contributed by atoms with van der Waals surface area (Å²) >= 11 is 1.52. The molecule has 0 aromatic heterocycles.